The summed E-state index contributed by atoms with van der Waals surface area (Å²) < 4.78 is 0. The minimum Gasteiger partial charge on any atom is -0.478 e. The Balaban J connectivity index is 1.81. The SMILES string of the molecule is Cc1ccc(C(=O)CCC(=O)NCc2cccc(C(=O)O)c2)cc1. The number of amides is 1. The summed E-state index contributed by atoms with van der Waals surface area (Å²) >= 11 is 0. The normalized spacial score (nSPS) is 10.2. The molecule has 0 saturated heterocycles. The van der Waals surface area contributed by atoms with Crippen LogP contribution in [0.3, 0.4) is 0 Å². The second-order valence-electron chi connectivity index (χ2n) is 5.57. The first-order valence-electron chi connectivity index (χ1n) is 7.64. The maximum Gasteiger partial charge on any atom is 0.335 e. The smallest absolute Gasteiger partial charge is 0.335 e. The van der Waals surface area contributed by atoms with E-state index in [-0.39, 0.29) is 36.6 Å². The van der Waals surface area contributed by atoms with Crippen molar-refractivity contribution >= 4 is 17.7 Å². The van der Waals surface area contributed by atoms with Crippen LogP contribution in [-0.2, 0) is 11.3 Å². The van der Waals surface area contributed by atoms with Gasteiger partial charge in [-0.2, -0.15) is 0 Å². The van der Waals surface area contributed by atoms with Crippen LogP contribution in [-0.4, -0.2) is 22.8 Å². The molecule has 24 heavy (non-hydrogen) atoms. The average molecular weight is 325 g/mol. The molecule has 0 fully saturated rings. The molecule has 1 amide bonds. The van der Waals surface area contributed by atoms with Crippen LogP contribution in [0.1, 0.15) is 44.7 Å². The number of carbonyl (C=O) groups is 3. The first-order valence-corrected chi connectivity index (χ1v) is 7.64. The number of carboxylic acids is 1. The van der Waals surface area contributed by atoms with Crippen molar-refractivity contribution in [3.8, 4) is 0 Å². The largest absolute Gasteiger partial charge is 0.478 e. The summed E-state index contributed by atoms with van der Waals surface area (Å²) in [6, 6.07) is 13.6. The molecular formula is C19H19NO4. The fourth-order valence-corrected chi connectivity index (χ4v) is 2.21. The zero-order chi connectivity index (χ0) is 17.5. The van der Waals surface area contributed by atoms with E-state index in [1.807, 2.05) is 19.1 Å². The Labute approximate surface area is 140 Å². The van der Waals surface area contributed by atoms with Crippen molar-refractivity contribution in [2.24, 2.45) is 0 Å². The van der Waals surface area contributed by atoms with Crippen molar-refractivity contribution in [3.63, 3.8) is 0 Å². The third-order valence-electron chi connectivity index (χ3n) is 3.62. The van der Waals surface area contributed by atoms with Crippen molar-refractivity contribution in [2.75, 3.05) is 0 Å². The molecule has 0 bridgehead atoms. The molecule has 0 saturated carbocycles. The monoisotopic (exact) mass is 325 g/mol. The number of nitrogens with one attached hydrogen (secondary N) is 1. The first kappa shape index (κ1) is 17.4. The number of aromatic carboxylic acids is 1. The van der Waals surface area contributed by atoms with Crippen LogP contribution in [0, 0.1) is 6.92 Å². The third-order valence-corrected chi connectivity index (χ3v) is 3.62. The van der Waals surface area contributed by atoms with Gasteiger partial charge in [0.2, 0.25) is 5.91 Å². The van der Waals surface area contributed by atoms with Crippen molar-refractivity contribution < 1.29 is 19.5 Å². The van der Waals surface area contributed by atoms with Crippen molar-refractivity contribution in [3.05, 3.63) is 70.8 Å². The molecule has 5 heteroatoms. The molecule has 0 aliphatic carbocycles. The van der Waals surface area contributed by atoms with Gasteiger partial charge in [0.15, 0.2) is 5.78 Å². The van der Waals surface area contributed by atoms with Crippen LogP contribution < -0.4 is 5.32 Å². The highest BCUT2D eigenvalue weighted by Crippen LogP contribution is 2.08. The van der Waals surface area contributed by atoms with Crippen molar-refractivity contribution in [1.29, 1.82) is 0 Å². The summed E-state index contributed by atoms with van der Waals surface area (Å²) in [5, 5.41) is 11.6. The lowest BCUT2D eigenvalue weighted by Gasteiger charge is -2.06. The topological polar surface area (TPSA) is 83.5 Å². The Hall–Kier alpha value is -2.95. The third kappa shape index (κ3) is 5.05. The van der Waals surface area contributed by atoms with Gasteiger partial charge in [-0.15, -0.1) is 0 Å². The molecule has 2 aromatic carbocycles. The van der Waals surface area contributed by atoms with Gasteiger partial charge in [-0.05, 0) is 24.6 Å². The van der Waals surface area contributed by atoms with E-state index in [1.54, 1.807) is 24.3 Å². The number of rotatable bonds is 7. The molecule has 0 aliphatic rings. The van der Waals surface area contributed by atoms with Crippen LogP contribution in [0.15, 0.2) is 48.5 Å². The highest BCUT2D eigenvalue weighted by molar-refractivity contribution is 5.98. The number of ketones is 1. The van der Waals surface area contributed by atoms with Gasteiger partial charge in [0.05, 0.1) is 5.56 Å². The van der Waals surface area contributed by atoms with Gasteiger partial charge in [0.1, 0.15) is 0 Å². The second kappa shape index (κ2) is 8.06. The average Bonchev–Trinajstić information content (AvgIpc) is 2.58. The number of Topliss-reactive ketones (excluding diaryl/α,β-unsaturated/α-hetero) is 1. The Kier molecular flexibility index (Phi) is 5.84. The van der Waals surface area contributed by atoms with Gasteiger partial charge in [-0.3, -0.25) is 9.59 Å². The van der Waals surface area contributed by atoms with Gasteiger partial charge in [0, 0.05) is 24.9 Å². The summed E-state index contributed by atoms with van der Waals surface area (Å²) in [5.41, 5.74) is 2.56. The number of hydrogen-bond donors (Lipinski definition) is 2. The summed E-state index contributed by atoms with van der Waals surface area (Å²) in [4.78, 5) is 34.8. The summed E-state index contributed by atoms with van der Waals surface area (Å²) in [6.45, 7) is 2.18. The van der Waals surface area contributed by atoms with Crippen LogP contribution in [0.4, 0.5) is 0 Å². The van der Waals surface area contributed by atoms with Gasteiger partial charge < -0.3 is 10.4 Å². The molecule has 0 aromatic heterocycles. The predicted octanol–water partition coefficient (Wildman–Crippen LogP) is 2.97. The highest BCUT2D eigenvalue weighted by atomic mass is 16.4. The highest BCUT2D eigenvalue weighted by Gasteiger charge is 2.09. The molecule has 0 heterocycles. The van der Waals surface area contributed by atoms with E-state index in [9.17, 15) is 14.4 Å². The van der Waals surface area contributed by atoms with Gasteiger partial charge in [-0.25, -0.2) is 4.79 Å². The predicted molar refractivity (Wildman–Crippen MR) is 90.0 cm³/mol. The molecule has 0 unspecified atom stereocenters. The molecular weight excluding hydrogens is 306 g/mol. The van der Waals surface area contributed by atoms with E-state index in [0.29, 0.717) is 11.1 Å². The Morgan fingerprint density at radius 3 is 2.33 bits per heavy atom. The minimum absolute atomic E-state index is 0.0713. The van der Waals surface area contributed by atoms with Crippen LogP contribution in [0.2, 0.25) is 0 Å². The standard InChI is InChI=1S/C19H19NO4/c1-13-5-7-15(8-6-13)17(21)9-10-18(22)20-12-14-3-2-4-16(11-14)19(23)24/h2-8,11H,9-10,12H2,1H3,(H,20,22)(H,23,24). The van der Waals surface area contributed by atoms with Crippen molar-refractivity contribution in [1.82, 2.24) is 5.32 Å². The Morgan fingerprint density at radius 1 is 0.958 bits per heavy atom. The summed E-state index contributed by atoms with van der Waals surface area (Å²) in [7, 11) is 0. The quantitative estimate of drug-likeness (QED) is 0.767. The zero-order valence-electron chi connectivity index (χ0n) is 13.4. The second-order valence-corrected chi connectivity index (χ2v) is 5.57. The molecule has 0 spiro atoms. The Morgan fingerprint density at radius 2 is 1.67 bits per heavy atom. The molecule has 0 atom stereocenters. The number of aryl methyl sites for hydroxylation is 1. The lowest BCUT2D eigenvalue weighted by atomic mass is 10.0. The van der Waals surface area contributed by atoms with E-state index in [2.05, 4.69) is 5.32 Å². The lowest BCUT2D eigenvalue weighted by molar-refractivity contribution is -0.121. The minimum atomic E-state index is -1.01. The summed E-state index contributed by atoms with van der Waals surface area (Å²) in [5.74, 6) is -1.32. The molecule has 2 aromatic rings. The first-order chi connectivity index (χ1) is 11.5. The van der Waals surface area contributed by atoms with Gasteiger partial charge >= 0.3 is 5.97 Å². The lowest BCUT2D eigenvalue weighted by Crippen LogP contribution is -2.23. The van der Waals surface area contributed by atoms with E-state index in [4.69, 9.17) is 5.11 Å². The van der Waals surface area contributed by atoms with Crippen LogP contribution in [0.25, 0.3) is 0 Å². The molecule has 2 rings (SSSR count). The van der Waals surface area contributed by atoms with Gasteiger partial charge in [0.25, 0.3) is 0 Å². The number of carboxylic acid groups (broad SMARTS) is 1. The number of hydrogen-bond acceptors (Lipinski definition) is 3. The number of carbonyl (C=O) groups excluding carboxylic acids is 2. The summed E-state index contributed by atoms with van der Waals surface area (Å²) in [6.07, 6.45) is 0.245. The van der Waals surface area contributed by atoms with E-state index >= 15 is 0 Å². The zero-order valence-corrected chi connectivity index (χ0v) is 13.4. The van der Waals surface area contributed by atoms with Crippen LogP contribution >= 0.6 is 0 Å². The van der Waals surface area contributed by atoms with Gasteiger partial charge in [-0.1, -0.05) is 42.0 Å². The van der Waals surface area contributed by atoms with Crippen molar-refractivity contribution in [2.45, 2.75) is 26.3 Å². The molecule has 0 radical (unpaired) electrons. The van der Waals surface area contributed by atoms with Crippen LogP contribution in [0.5, 0.6) is 0 Å². The fraction of sp³-hybridized carbons (Fsp3) is 0.211. The van der Waals surface area contributed by atoms with E-state index in [1.165, 1.54) is 12.1 Å². The van der Waals surface area contributed by atoms with E-state index < -0.39 is 5.97 Å². The number of benzene rings is 2. The molecule has 5 nitrogen and oxygen atoms in total. The maximum atomic E-state index is 12.0. The molecule has 124 valence electrons. The fourth-order valence-electron chi connectivity index (χ4n) is 2.21. The molecule has 2 N–H and O–H groups in total. The van der Waals surface area contributed by atoms with E-state index in [0.717, 1.165) is 5.56 Å². The molecule has 0 aliphatic heterocycles. The Bertz CT molecular complexity index is 750. The maximum absolute atomic E-state index is 12.0.